The first kappa shape index (κ1) is 12.0. The molecule has 0 N–H and O–H groups in total. The van der Waals surface area contributed by atoms with Gasteiger partial charge in [-0.05, 0) is 6.92 Å². The van der Waals surface area contributed by atoms with Gasteiger partial charge in [-0.25, -0.2) is 0 Å². The Hall–Kier alpha value is -1.47. The Labute approximate surface area is 99.1 Å². The molecule has 94 valence electrons. The van der Waals surface area contributed by atoms with Gasteiger partial charge in [0.25, 0.3) is 0 Å². The molecule has 0 saturated carbocycles. The standard InChI is InChI=1S/C10H16N4O3/c1-9-10(14(15)16)8-11-13(9)3-2-12-4-6-17-7-5-12/h8H,2-7H2,1H3. The quantitative estimate of drug-likeness (QED) is 0.563. The minimum Gasteiger partial charge on any atom is -0.379 e. The molecule has 1 fully saturated rings. The maximum atomic E-state index is 10.7. The highest BCUT2D eigenvalue weighted by Gasteiger charge is 2.17. The van der Waals surface area contributed by atoms with Crippen LogP contribution in [0.2, 0.25) is 0 Å². The van der Waals surface area contributed by atoms with Crippen molar-refractivity contribution >= 4 is 5.69 Å². The number of nitrogens with zero attached hydrogens (tertiary/aromatic N) is 4. The zero-order chi connectivity index (χ0) is 12.3. The average Bonchev–Trinajstić information content (AvgIpc) is 2.69. The van der Waals surface area contributed by atoms with E-state index in [0.717, 1.165) is 32.8 Å². The maximum Gasteiger partial charge on any atom is 0.309 e. The van der Waals surface area contributed by atoms with Crippen molar-refractivity contribution in [3.8, 4) is 0 Å². The fourth-order valence-corrected chi connectivity index (χ4v) is 1.90. The minimum absolute atomic E-state index is 0.0898. The number of hydrogen-bond acceptors (Lipinski definition) is 5. The SMILES string of the molecule is Cc1c([N+](=O)[O-])cnn1CCN1CCOCC1. The second-order valence-corrected chi connectivity index (χ2v) is 4.05. The van der Waals surface area contributed by atoms with Crippen LogP contribution in [0.5, 0.6) is 0 Å². The van der Waals surface area contributed by atoms with E-state index in [2.05, 4.69) is 10.00 Å². The minimum atomic E-state index is -0.395. The van der Waals surface area contributed by atoms with Crippen LogP contribution in [-0.2, 0) is 11.3 Å². The van der Waals surface area contributed by atoms with Crippen molar-refractivity contribution in [2.45, 2.75) is 13.5 Å². The van der Waals surface area contributed by atoms with Crippen molar-refractivity contribution in [2.24, 2.45) is 0 Å². The summed E-state index contributed by atoms with van der Waals surface area (Å²) in [5.41, 5.74) is 0.704. The molecular formula is C10H16N4O3. The van der Waals surface area contributed by atoms with Crippen LogP contribution in [0.25, 0.3) is 0 Å². The number of aromatic nitrogens is 2. The largest absolute Gasteiger partial charge is 0.379 e. The molecule has 0 radical (unpaired) electrons. The third-order valence-corrected chi connectivity index (χ3v) is 3.01. The molecule has 7 heteroatoms. The normalized spacial score (nSPS) is 17.2. The Morgan fingerprint density at radius 1 is 1.47 bits per heavy atom. The summed E-state index contributed by atoms with van der Waals surface area (Å²) in [5, 5.41) is 14.7. The first-order valence-electron chi connectivity index (χ1n) is 5.65. The molecule has 0 bridgehead atoms. The number of hydrogen-bond donors (Lipinski definition) is 0. The second kappa shape index (κ2) is 5.24. The Morgan fingerprint density at radius 3 is 2.76 bits per heavy atom. The molecule has 1 aliphatic rings. The second-order valence-electron chi connectivity index (χ2n) is 4.05. The molecule has 0 amide bonds. The molecule has 0 spiro atoms. The molecule has 0 aromatic carbocycles. The van der Waals surface area contributed by atoms with Gasteiger partial charge in [-0.3, -0.25) is 19.7 Å². The van der Waals surface area contributed by atoms with Crippen molar-refractivity contribution in [1.29, 1.82) is 0 Å². The lowest BCUT2D eigenvalue weighted by atomic mass is 10.4. The molecule has 0 unspecified atom stereocenters. The van der Waals surface area contributed by atoms with E-state index >= 15 is 0 Å². The van der Waals surface area contributed by atoms with E-state index in [9.17, 15) is 10.1 Å². The molecule has 2 rings (SSSR count). The summed E-state index contributed by atoms with van der Waals surface area (Å²) < 4.78 is 6.95. The molecule has 7 nitrogen and oxygen atoms in total. The summed E-state index contributed by atoms with van der Waals surface area (Å²) in [5.74, 6) is 0. The van der Waals surface area contributed by atoms with E-state index in [1.54, 1.807) is 11.6 Å². The summed E-state index contributed by atoms with van der Waals surface area (Å²) in [6.07, 6.45) is 1.31. The fourth-order valence-electron chi connectivity index (χ4n) is 1.90. The Balaban J connectivity index is 1.92. The average molecular weight is 240 g/mol. The fraction of sp³-hybridized carbons (Fsp3) is 0.700. The van der Waals surface area contributed by atoms with Crippen LogP contribution >= 0.6 is 0 Å². The van der Waals surface area contributed by atoms with E-state index in [4.69, 9.17) is 4.74 Å². The molecule has 1 aromatic heterocycles. The van der Waals surface area contributed by atoms with Crippen LogP contribution in [0.4, 0.5) is 5.69 Å². The van der Waals surface area contributed by atoms with E-state index in [0.29, 0.717) is 12.2 Å². The smallest absolute Gasteiger partial charge is 0.309 e. The van der Waals surface area contributed by atoms with Crippen LogP contribution in [0.1, 0.15) is 5.69 Å². The Bertz CT molecular complexity index is 398. The third-order valence-electron chi connectivity index (χ3n) is 3.01. The zero-order valence-corrected chi connectivity index (χ0v) is 9.83. The van der Waals surface area contributed by atoms with Gasteiger partial charge in [0.05, 0.1) is 24.7 Å². The van der Waals surface area contributed by atoms with Gasteiger partial charge in [0.15, 0.2) is 0 Å². The molecule has 1 aromatic rings. The van der Waals surface area contributed by atoms with Gasteiger partial charge in [-0.15, -0.1) is 0 Å². The molecule has 0 atom stereocenters. The van der Waals surface area contributed by atoms with E-state index < -0.39 is 4.92 Å². The first-order valence-corrected chi connectivity index (χ1v) is 5.65. The van der Waals surface area contributed by atoms with Crippen LogP contribution in [0.15, 0.2) is 6.20 Å². The van der Waals surface area contributed by atoms with Crippen molar-refractivity contribution in [3.05, 3.63) is 22.0 Å². The van der Waals surface area contributed by atoms with Crippen LogP contribution < -0.4 is 0 Å². The third kappa shape index (κ3) is 2.80. The highest BCUT2D eigenvalue weighted by atomic mass is 16.6. The maximum absolute atomic E-state index is 10.7. The molecule has 0 aliphatic carbocycles. The van der Waals surface area contributed by atoms with Gasteiger partial charge < -0.3 is 4.74 Å². The van der Waals surface area contributed by atoms with E-state index in [1.807, 2.05) is 0 Å². The Morgan fingerprint density at radius 2 is 2.18 bits per heavy atom. The van der Waals surface area contributed by atoms with Gasteiger partial charge in [-0.1, -0.05) is 0 Å². The highest BCUT2D eigenvalue weighted by Crippen LogP contribution is 2.15. The van der Waals surface area contributed by atoms with E-state index in [1.165, 1.54) is 6.20 Å². The summed E-state index contributed by atoms with van der Waals surface area (Å²) in [6.45, 7) is 6.62. The number of nitro groups is 1. The van der Waals surface area contributed by atoms with Gasteiger partial charge in [0.1, 0.15) is 11.9 Å². The Kier molecular flexibility index (Phi) is 3.70. The van der Waals surface area contributed by atoms with Crippen molar-refractivity contribution in [1.82, 2.24) is 14.7 Å². The van der Waals surface area contributed by atoms with Crippen molar-refractivity contribution in [3.63, 3.8) is 0 Å². The molecule has 2 heterocycles. The first-order chi connectivity index (χ1) is 8.18. The topological polar surface area (TPSA) is 73.4 Å². The van der Waals surface area contributed by atoms with Crippen molar-refractivity contribution < 1.29 is 9.66 Å². The van der Waals surface area contributed by atoms with Gasteiger partial charge in [0.2, 0.25) is 0 Å². The molecule has 1 saturated heterocycles. The lowest BCUT2D eigenvalue weighted by molar-refractivity contribution is -0.385. The summed E-state index contributed by atoms with van der Waals surface area (Å²) in [4.78, 5) is 12.5. The van der Waals surface area contributed by atoms with Crippen molar-refractivity contribution in [2.75, 3.05) is 32.8 Å². The van der Waals surface area contributed by atoms with Crippen LogP contribution in [-0.4, -0.2) is 52.5 Å². The number of morpholine rings is 1. The van der Waals surface area contributed by atoms with Crippen LogP contribution in [0.3, 0.4) is 0 Å². The zero-order valence-electron chi connectivity index (χ0n) is 9.83. The molecule has 1 aliphatic heterocycles. The monoisotopic (exact) mass is 240 g/mol. The predicted octanol–water partition coefficient (Wildman–Crippen LogP) is 0.432. The number of ether oxygens (including phenoxy) is 1. The van der Waals surface area contributed by atoms with Gasteiger partial charge in [0, 0.05) is 19.6 Å². The summed E-state index contributed by atoms with van der Waals surface area (Å²) in [7, 11) is 0. The lowest BCUT2D eigenvalue weighted by Crippen LogP contribution is -2.38. The van der Waals surface area contributed by atoms with Gasteiger partial charge in [-0.2, -0.15) is 5.10 Å². The summed E-state index contributed by atoms with van der Waals surface area (Å²) >= 11 is 0. The number of rotatable bonds is 4. The molecule has 17 heavy (non-hydrogen) atoms. The highest BCUT2D eigenvalue weighted by molar-refractivity contribution is 5.31. The summed E-state index contributed by atoms with van der Waals surface area (Å²) in [6, 6.07) is 0. The van der Waals surface area contributed by atoms with E-state index in [-0.39, 0.29) is 5.69 Å². The van der Waals surface area contributed by atoms with Crippen LogP contribution in [0, 0.1) is 17.0 Å². The lowest BCUT2D eigenvalue weighted by Gasteiger charge is -2.26. The predicted molar refractivity (Wildman–Crippen MR) is 60.9 cm³/mol. The molecular weight excluding hydrogens is 224 g/mol. The van der Waals surface area contributed by atoms with Gasteiger partial charge >= 0.3 is 5.69 Å².